The van der Waals surface area contributed by atoms with E-state index >= 15 is 0 Å². The van der Waals surface area contributed by atoms with Gasteiger partial charge in [0.15, 0.2) is 0 Å². The molecule has 0 radical (unpaired) electrons. The van der Waals surface area contributed by atoms with E-state index in [9.17, 15) is 14.0 Å². The molecule has 2 rings (SSSR count). The molecule has 2 aromatic rings. The summed E-state index contributed by atoms with van der Waals surface area (Å²) >= 11 is 0. The molecular formula is C17H18FN3O2. The lowest BCUT2D eigenvalue weighted by atomic mass is 10.1. The van der Waals surface area contributed by atoms with Crippen molar-refractivity contribution in [2.45, 2.75) is 6.92 Å². The van der Waals surface area contributed by atoms with Gasteiger partial charge in [-0.15, -0.1) is 0 Å². The van der Waals surface area contributed by atoms with Gasteiger partial charge in [0.25, 0.3) is 0 Å². The quantitative estimate of drug-likeness (QED) is 0.889. The van der Waals surface area contributed by atoms with E-state index in [1.165, 1.54) is 13.0 Å². The lowest BCUT2D eigenvalue weighted by Crippen LogP contribution is -2.30. The number of anilines is 2. The van der Waals surface area contributed by atoms with Gasteiger partial charge < -0.3 is 16.0 Å². The molecule has 0 unspecified atom stereocenters. The highest BCUT2D eigenvalue weighted by Gasteiger charge is 2.14. The van der Waals surface area contributed by atoms with Crippen LogP contribution in [0.15, 0.2) is 42.5 Å². The Kier molecular flexibility index (Phi) is 4.95. The number of amides is 2. The standard InChI is InChI=1S/C17H18FN3O2/c1-11-14(18)8-12(17(19)23)9-15(11)20-16(22)10-21(2)13-6-4-3-5-7-13/h3-9H,10H2,1-2H3,(H2,19,23)(H,20,22). The van der Waals surface area contributed by atoms with E-state index in [4.69, 9.17) is 5.73 Å². The molecule has 0 aromatic heterocycles. The van der Waals surface area contributed by atoms with Gasteiger partial charge in [0.2, 0.25) is 11.8 Å². The number of halogens is 1. The van der Waals surface area contributed by atoms with Gasteiger partial charge in [0.05, 0.1) is 6.54 Å². The van der Waals surface area contributed by atoms with Crippen LogP contribution in [0.2, 0.25) is 0 Å². The lowest BCUT2D eigenvalue weighted by molar-refractivity contribution is -0.114. The minimum atomic E-state index is -0.749. The highest BCUT2D eigenvalue weighted by Crippen LogP contribution is 2.21. The number of hydrogen-bond acceptors (Lipinski definition) is 3. The second kappa shape index (κ2) is 6.91. The maximum Gasteiger partial charge on any atom is 0.248 e. The first-order valence-electron chi connectivity index (χ1n) is 7.04. The summed E-state index contributed by atoms with van der Waals surface area (Å²) in [5, 5.41) is 2.62. The van der Waals surface area contributed by atoms with Crippen LogP contribution in [0, 0.1) is 12.7 Å². The third kappa shape index (κ3) is 4.06. The molecule has 0 aliphatic heterocycles. The zero-order valence-corrected chi connectivity index (χ0v) is 13.0. The van der Waals surface area contributed by atoms with Gasteiger partial charge in [0.1, 0.15) is 5.82 Å². The summed E-state index contributed by atoms with van der Waals surface area (Å²) in [6.45, 7) is 1.61. The van der Waals surface area contributed by atoms with E-state index in [1.54, 1.807) is 11.9 Å². The fraction of sp³-hybridized carbons (Fsp3) is 0.176. The molecule has 0 bridgehead atoms. The summed E-state index contributed by atoms with van der Waals surface area (Å²) < 4.78 is 13.8. The van der Waals surface area contributed by atoms with Crippen LogP contribution in [0.4, 0.5) is 15.8 Å². The molecule has 3 N–H and O–H groups in total. The summed E-state index contributed by atoms with van der Waals surface area (Å²) in [6, 6.07) is 11.8. The average Bonchev–Trinajstić information content (AvgIpc) is 2.52. The van der Waals surface area contributed by atoms with E-state index < -0.39 is 11.7 Å². The fourth-order valence-electron chi connectivity index (χ4n) is 2.13. The maximum absolute atomic E-state index is 13.8. The molecule has 2 aromatic carbocycles. The van der Waals surface area contributed by atoms with Crippen molar-refractivity contribution in [3.63, 3.8) is 0 Å². The summed E-state index contributed by atoms with van der Waals surface area (Å²) in [5.41, 5.74) is 6.56. The predicted octanol–water partition coefficient (Wildman–Crippen LogP) is 2.31. The molecule has 0 fully saturated rings. The number of primary amides is 1. The Bertz CT molecular complexity index is 732. The fourth-order valence-corrected chi connectivity index (χ4v) is 2.13. The molecule has 120 valence electrons. The summed E-state index contributed by atoms with van der Waals surface area (Å²) in [5.74, 6) is -1.66. The second-order valence-electron chi connectivity index (χ2n) is 5.23. The van der Waals surface area contributed by atoms with Crippen molar-refractivity contribution >= 4 is 23.2 Å². The number of benzene rings is 2. The van der Waals surface area contributed by atoms with Crippen molar-refractivity contribution < 1.29 is 14.0 Å². The van der Waals surface area contributed by atoms with Crippen molar-refractivity contribution in [2.24, 2.45) is 5.73 Å². The summed E-state index contributed by atoms with van der Waals surface area (Å²) in [7, 11) is 1.78. The summed E-state index contributed by atoms with van der Waals surface area (Å²) in [4.78, 5) is 25.1. The minimum Gasteiger partial charge on any atom is -0.366 e. The molecule has 5 nitrogen and oxygen atoms in total. The van der Waals surface area contributed by atoms with Gasteiger partial charge in [-0.05, 0) is 31.2 Å². The van der Waals surface area contributed by atoms with E-state index in [-0.39, 0.29) is 29.3 Å². The molecule has 0 saturated heterocycles. The Morgan fingerprint density at radius 2 is 1.87 bits per heavy atom. The first kappa shape index (κ1) is 16.5. The minimum absolute atomic E-state index is 0.0137. The first-order chi connectivity index (χ1) is 10.9. The number of nitrogens with two attached hydrogens (primary N) is 1. The van der Waals surface area contributed by atoms with Gasteiger partial charge in [-0.2, -0.15) is 0 Å². The Labute approximate surface area is 133 Å². The van der Waals surface area contributed by atoms with Crippen molar-refractivity contribution in [1.29, 1.82) is 0 Å². The average molecular weight is 315 g/mol. The van der Waals surface area contributed by atoms with Crippen LogP contribution >= 0.6 is 0 Å². The first-order valence-corrected chi connectivity index (χ1v) is 7.04. The number of rotatable bonds is 5. The third-order valence-corrected chi connectivity index (χ3v) is 3.48. The zero-order valence-electron chi connectivity index (χ0n) is 13.0. The van der Waals surface area contributed by atoms with Gasteiger partial charge >= 0.3 is 0 Å². The summed E-state index contributed by atoms with van der Waals surface area (Å²) in [6.07, 6.45) is 0. The van der Waals surface area contributed by atoms with Crippen LogP contribution in [-0.2, 0) is 4.79 Å². The molecule has 2 amide bonds. The van der Waals surface area contributed by atoms with Crippen molar-refractivity contribution in [2.75, 3.05) is 23.8 Å². The largest absolute Gasteiger partial charge is 0.366 e. The van der Waals surface area contributed by atoms with E-state index in [0.29, 0.717) is 0 Å². The number of nitrogens with one attached hydrogen (secondary N) is 1. The van der Waals surface area contributed by atoms with Gasteiger partial charge in [-0.1, -0.05) is 18.2 Å². The second-order valence-corrected chi connectivity index (χ2v) is 5.23. The van der Waals surface area contributed by atoms with Crippen molar-refractivity contribution in [3.05, 3.63) is 59.4 Å². The molecule has 0 saturated carbocycles. The SMILES string of the molecule is Cc1c(F)cc(C(N)=O)cc1NC(=O)CN(C)c1ccccc1. The highest BCUT2D eigenvalue weighted by atomic mass is 19.1. The molecular weight excluding hydrogens is 297 g/mol. The Hall–Kier alpha value is -2.89. The van der Waals surface area contributed by atoms with Gasteiger partial charge in [-0.25, -0.2) is 4.39 Å². The van der Waals surface area contributed by atoms with Gasteiger partial charge in [-0.3, -0.25) is 9.59 Å². The smallest absolute Gasteiger partial charge is 0.248 e. The van der Waals surface area contributed by atoms with Crippen LogP contribution in [-0.4, -0.2) is 25.4 Å². The maximum atomic E-state index is 13.8. The van der Waals surface area contributed by atoms with Crippen LogP contribution < -0.4 is 16.0 Å². The lowest BCUT2D eigenvalue weighted by Gasteiger charge is -2.19. The Balaban J connectivity index is 2.13. The monoisotopic (exact) mass is 315 g/mol. The van der Waals surface area contributed by atoms with Crippen LogP contribution in [0.1, 0.15) is 15.9 Å². The Morgan fingerprint density at radius 1 is 1.22 bits per heavy atom. The predicted molar refractivity (Wildman–Crippen MR) is 88.0 cm³/mol. The topological polar surface area (TPSA) is 75.4 Å². The van der Waals surface area contributed by atoms with Crippen LogP contribution in [0.25, 0.3) is 0 Å². The zero-order chi connectivity index (χ0) is 17.0. The number of carbonyl (C=O) groups excluding carboxylic acids is 2. The molecule has 23 heavy (non-hydrogen) atoms. The Morgan fingerprint density at radius 3 is 2.48 bits per heavy atom. The molecule has 0 aliphatic carbocycles. The normalized spacial score (nSPS) is 10.2. The number of carbonyl (C=O) groups is 2. The third-order valence-electron chi connectivity index (χ3n) is 3.48. The van der Waals surface area contributed by atoms with E-state index in [2.05, 4.69) is 5.32 Å². The van der Waals surface area contributed by atoms with Gasteiger partial charge in [0, 0.05) is 29.5 Å². The molecule has 0 aliphatic rings. The molecule has 6 heteroatoms. The number of para-hydroxylation sites is 1. The highest BCUT2D eigenvalue weighted by molar-refractivity contribution is 5.98. The van der Waals surface area contributed by atoms with Crippen LogP contribution in [0.3, 0.4) is 0 Å². The van der Waals surface area contributed by atoms with Crippen molar-refractivity contribution in [1.82, 2.24) is 0 Å². The molecule has 0 heterocycles. The van der Waals surface area contributed by atoms with E-state index in [0.717, 1.165) is 11.8 Å². The van der Waals surface area contributed by atoms with Crippen molar-refractivity contribution in [3.8, 4) is 0 Å². The number of likely N-dealkylation sites (N-methyl/N-ethyl adjacent to an activating group) is 1. The van der Waals surface area contributed by atoms with E-state index in [1.807, 2.05) is 30.3 Å². The molecule has 0 spiro atoms. The van der Waals surface area contributed by atoms with Crippen LogP contribution in [0.5, 0.6) is 0 Å². The molecule has 0 atom stereocenters. The number of hydrogen-bond donors (Lipinski definition) is 2. The number of nitrogens with zero attached hydrogens (tertiary/aromatic N) is 1.